The van der Waals surface area contributed by atoms with Crippen molar-refractivity contribution in [3.63, 3.8) is 0 Å². The number of nitrogens with zero attached hydrogens (tertiary/aromatic N) is 5. The minimum atomic E-state index is -0.592. The largest absolute Gasteiger partial charge is 0.368 e. The summed E-state index contributed by atoms with van der Waals surface area (Å²) in [5.41, 5.74) is 4.51. The third-order valence-corrected chi connectivity index (χ3v) is 7.92. The summed E-state index contributed by atoms with van der Waals surface area (Å²) in [6.45, 7) is 8.56. The molecule has 0 saturated carbocycles. The van der Waals surface area contributed by atoms with Gasteiger partial charge in [0.15, 0.2) is 0 Å². The second kappa shape index (κ2) is 10.7. The number of aromatic nitrogens is 1. The molecular formula is C28H32ClF2N5O. The van der Waals surface area contributed by atoms with Crippen LogP contribution in [-0.4, -0.2) is 72.6 Å². The van der Waals surface area contributed by atoms with Crippen LogP contribution in [0.15, 0.2) is 48.5 Å². The summed E-state index contributed by atoms with van der Waals surface area (Å²) in [4.78, 5) is 21.9. The normalized spacial score (nSPS) is 16.9. The van der Waals surface area contributed by atoms with Crippen molar-refractivity contribution < 1.29 is 13.6 Å². The van der Waals surface area contributed by atoms with Gasteiger partial charge >= 0.3 is 0 Å². The lowest BCUT2D eigenvalue weighted by Gasteiger charge is -2.36. The van der Waals surface area contributed by atoms with E-state index in [2.05, 4.69) is 22.8 Å². The Hall–Kier alpha value is -3.10. The molecule has 2 aliphatic rings. The maximum Gasteiger partial charge on any atom is 0.270 e. The highest BCUT2D eigenvalue weighted by molar-refractivity contribution is 6.33. The van der Waals surface area contributed by atoms with Crippen LogP contribution in [0, 0.1) is 18.6 Å². The summed E-state index contributed by atoms with van der Waals surface area (Å²) in [7, 11) is 1.94. The molecule has 2 fully saturated rings. The fourth-order valence-corrected chi connectivity index (χ4v) is 5.53. The molecule has 0 aliphatic carbocycles. The Kier molecular flexibility index (Phi) is 7.40. The number of anilines is 2. The first-order chi connectivity index (χ1) is 17.8. The van der Waals surface area contributed by atoms with Gasteiger partial charge in [0.1, 0.15) is 17.3 Å². The molecule has 1 amide bonds. The van der Waals surface area contributed by atoms with Gasteiger partial charge in [-0.3, -0.25) is 9.69 Å². The molecule has 0 radical (unpaired) electrons. The van der Waals surface area contributed by atoms with Crippen molar-refractivity contribution in [2.24, 2.45) is 7.05 Å². The quantitative estimate of drug-likeness (QED) is 0.488. The van der Waals surface area contributed by atoms with E-state index >= 15 is 0 Å². The Morgan fingerprint density at radius 3 is 2.14 bits per heavy atom. The van der Waals surface area contributed by atoms with Gasteiger partial charge < -0.3 is 19.3 Å². The predicted molar refractivity (Wildman–Crippen MR) is 144 cm³/mol. The molecule has 0 N–H and O–H groups in total. The van der Waals surface area contributed by atoms with E-state index in [1.165, 1.54) is 12.1 Å². The minimum Gasteiger partial charge on any atom is -0.368 e. The van der Waals surface area contributed by atoms with Gasteiger partial charge in [-0.1, -0.05) is 23.7 Å². The van der Waals surface area contributed by atoms with Crippen LogP contribution in [0.25, 0.3) is 0 Å². The SMILES string of the molecule is Cc1c(CN2CCN(c3ccccc3Cl)CC2)cc(C(=O)N2CCN(c3cc(F)cc(F)c3)CC2)n1C. The zero-order valence-corrected chi connectivity index (χ0v) is 22.0. The second-order valence-electron chi connectivity index (χ2n) is 9.82. The number of carbonyl (C=O) groups is 1. The molecule has 196 valence electrons. The smallest absolute Gasteiger partial charge is 0.270 e. The monoisotopic (exact) mass is 527 g/mol. The van der Waals surface area contributed by atoms with Gasteiger partial charge in [0, 0.05) is 83.4 Å². The summed E-state index contributed by atoms with van der Waals surface area (Å²) in [6.07, 6.45) is 0. The van der Waals surface area contributed by atoms with Crippen molar-refractivity contribution in [1.29, 1.82) is 0 Å². The number of hydrogen-bond acceptors (Lipinski definition) is 4. The van der Waals surface area contributed by atoms with Crippen molar-refractivity contribution >= 4 is 28.9 Å². The molecule has 3 aromatic rings. The third-order valence-electron chi connectivity index (χ3n) is 7.60. The lowest BCUT2D eigenvalue weighted by atomic mass is 10.2. The number of benzene rings is 2. The Labute approximate surface area is 221 Å². The first kappa shape index (κ1) is 25.5. The molecule has 2 aliphatic heterocycles. The summed E-state index contributed by atoms with van der Waals surface area (Å²) in [5, 5.41) is 0.780. The second-order valence-corrected chi connectivity index (χ2v) is 10.2. The fourth-order valence-electron chi connectivity index (χ4n) is 5.28. The van der Waals surface area contributed by atoms with E-state index < -0.39 is 11.6 Å². The highest BCUT2D eigenvalue weighted by Crippen LogP contribution is 2.27. The van der Waals surface area contributed by atoms with Crippen molar-refractivity contribution in [3.8, 4) is 0 Å². The molecule has 9 heteroatoms. The lowest BCUT2D eigenvalue weighted by Crippen LogP contribution is -2.49. The summed E-state index contributed by atoms with van der Waals surface area (Å²) >= 11 is 6.38. The van der Waals surface area contributed by atoms with Crippen molar-refractivity contribution in [3.05, 3.63) is 82.1 Å². The maximum absolute atomic E-state index is 13.6. The van der Waals surface area contributed by atoms with Gasteiger partial charge in [0.05, 0.1) is 10.7 Å². The van der Waals surface area contributed by atoms with Crippen LogP contribution in [0.4, 0.5) is 20.2 Å². The number of piperazine rings is 2. The Bertz CT molecular complexity index is 1260. The molecule has 0 unspecified atom stereocenters. The van der Waals surface area contributed by atoms with Crippen LogP contribution in [0.5, 0.6) is 0 Å². The molecule has 1 aromatic heterocycles. The Morgan fingerprint density at radius 2 is 1.49 bits per heavy atom. The molecule has 0 spiro atoms. The minimum absolute atomic E-state index is 0.00883. The molecule has 6 nitrogen and oxygen atoms in total. The maximum atomic E-state index is 13.6. The van der Waals surface area contributed by atoms with Gasteiger partial charge in [0.2, 0.25) is 0 Å². The number of halogens is 3. The number of rotatable bonds is 5. The van der Waals surface area contributed by atoms with E-state index in [0.717, 1.165) is 60.8 Å². The third kappa shape index (κ3) is 5.45. The van der Waals surface area contributed by atoms with E-state index in [0.29, 0.717) is 37.6 Å². The zero-order valence-electron chi connectivity index (χ0n) is 21.3. The number of hydrogen-bond donors (Lipinski definition) is 0. The molecule has 37 heavy (non-hydrogen) atoms. The van der Waals surface area contributed by atoms with Crippen LogP contribution in [-0.2, 0) is 13.6 Å². The molecule has 2 saturated heterocycles. The molecule has 0 atom stereocenters. The van der Waals surface area contributed by atoms with Crippen LogP contribution in [0.1, 0.15) is 21.7 Å². The molecule has 5 rings (SSSR count). The van der Waals surface area contributed by atoms with Crippen molar-refractivity contribution in [1.82, 2.24) is 14.4 Å². The number of para-hydroxylation sites is 1. The van der Waals surface area contributed by atoms with Crippen molar-refractivity contribution in [2.75, 3.05) is 62.2 Å². The molecule has 0 bridgehead atoms. The van der Waals surface area contributed by atoms with E-state index in [1.54, 1.807) is 0 Å². The summed E-state index contributed by atoms with van der Waals surface area (Å²) in [6, 6.07) is 13.5. The number of amides is 1. The summed E-state index contributed by atoms with van der Waals surface area (Å²) in [5.74, 6) is -1.19. The van der Waals surface area contributed by atoms with E-state index in [-0.39, 0.29) is 5.91 Å². The standard InChI is InChI=1S/C28H32ClF2N5O/c1-20-21(19-33-7-9-35(10-8-33)26-6-4-3-5-25(26)29)15-27(32(20)2)28(37)36-13-11-34(12-14-36)24-17-22(30)16-23(31)18-24/h3-6,15-18H,7-14,19H2,1-2H3. The van der Waals surface area contributed by atoms with E-state index in [1.807, 2.05) is 45.7 Å². The summed E-state index contributed by atoms with van der Waals surface area (Å²) < 4.78 is 29.2. The van der Waals surface area contributed by atoms with Gasteiger partial charge in [-0.25, -0.2) is 8.78 Å². The average Bonchev–Trinajstić information content (AvgIpc) is 3.17. The van der Waals surface area contributed by atoms with E-state index in [4.69, 9.17) is 11.6 Å². The average molecular weight is 528 g/mol. The van der Waals surface area contributed by atoms with Crippen molar-refractivity contribution in [2.45, 2.75) is 13.5 Å². The van der Waals surface area contributed by atoms with Gasteiger partial charge in [-0.15, -0.1) is 0 Å². The predicted octanol–water partition coefficient (Wildman–Crippen LogP) is 4.55. The highest BCUT2D eigenvalue weighted by atomic mass is 35.5. The first-order valence-corrected chi connectivity index (χ1v) is 13.1. The molecular weight excluding hydrogens is 496 g/mol. The van der Waals surface area contributed by atoms with Crippen LogP contribution >= 0.6 is 11.6 Å². The topological polar surface area (TPSA) is 35.0 Å². The highest BCUT2D eigenvalue weighted by Gasteiger charge is 2.27. The van der Waals surface area contributed by atoms with Crippen LogP contribution < -0.4 is 9.80 Å². The Morgan fingerprint density at radius 1 is 0.865 bits per heavy atom. The van der Waals surface area contributed by atoms with Gasteiger partial charge in [0.25, 0.3) is 5.91 Å². The van der Waals surface area contributed by atoms with Gasteiger partial charge in [-0.05, 0) is 42.8 Å². The fraction of sp³-hybridized carbons (Fsp3) is 0.393. The lowest BCUT2D eigenvalue weighted by molar-refractivity contribution is 0.0737. The molecule has 3 heterocycles. The first-order valence-electron chi connectivity index (χ1n) is 12.7. The van der Waals surface area contributed by atoms with E-state index in [9.17, 15) is 13.6 Å². The number of carbonyl (C=O) groups excluding carboxylic acids is 1. The van der Waals surface area contributed by atoms with Crippen LogP contribution in [0.2, 0.25) is 5.02 Å². The van der Waals surface area contributed by atoms with Gasteiger partial charge in [-0.2, -0.15) is 0 Å². The van der Waals surface area contributed by atoms with Crippen LogP contribution in [0.3, 0.4) is 0 Å². The Balaban J connectivity index is 1.19. The zero-order chi connectivity index (χ0) is 26.1. The molecule has 2 aromatic carbocycles.